The SMILES string of the molecule is C=N/C=C\C=C(/C)c1nc(-c2ccccc2)nc(-c2ccc(-c3c(-c4ccccc4)ccc4c3-c3ccccc3C4(c3ccccc3)c3ccccc3)cc2)n1. The molecular weight excluding hydrogens is 681 g/mol. The van der Waals surface area contributed by atoms with Gasteiger partial charge in [0.05, 0.1) is 5.41 Å². The van der Waals surface area contributed by atoms with Gasteiger partial charge in [0.1, 0.15) is 0 Å². The Morgan fingerprint density at radius 3 is 1.61 bits per heavy atom. The highest BCUT2D eigenvalue weighted by Crippen LogP contribution is 2.59. The zero-order valence-electron chi connectivity index (χ0n) is 31.0. The van der Waals surface area contributed by atoms with Crippen molar-refractivity contribution in [3.8, 4) is 56.2 Å². The van der Waals surface area contributed by atoms with E-state index in [0.29, 0.717) is 17.5 Å². The second-order valence-corrected chi connectivity index (χ2v) is 13.9. The molecule has 1 aliphatic carbocycles. The molecule has 0 aliphatic heterocycles. The second-order valence-electron chi connectivity index (χ2n) is 13.9. The van der Waals surface area contributed by atoms with E-state index in [2.05, 4.69) is 163 Å². The molecule has 1 heterocycles. The molecule has 266 valence electrons. The van der Waals surface area contributed by atoms with Crippen molar-refractivity contribution in [1.82, 2.24) is 15.0 Å². The fourth-order valence-corrected chi connectivity index (χ4v) is 8.20. The Morgan fingerprint density at radius 1 is 0.482 bits per heavy atom. The average molecular weight is 719 g/mol. The van der Waals surface area contributed by atoms with E-state index in [0.717, 1.165) is 22.3 Å². The van der Waals surface area contributed by atoms with Crippen LogP contribution in [0.15, 0.2) is 205 Å². The van der Waals surface area contributed by atoms with Gasteiger partial charge in [-0.2, -0.15) is 0 Å². The number of aliphatic imine (C=N–C) groups is 1. The Kier molecular flexibility index (Phi) is 9.14. The first-order chi connectivity index (χ1) is 27.7. The van der Waals surface area contributed by atoms with Crippen LogP contribution in [0.5, 0.6) is 0 Å². The molecule has 9 rings (SSSR count). The third-order valence-corrected chi connectivity index (χ3v) is 10.7. The molecule has 0 bridgehead atoms. The van der Waals surface area contributed by atoms with Gasteiger partial charge in [-0.05, 0) is 80.9 Å². The van der Waals surface area contributed by atoms with Crippen molar-refractivity contribution in [3.05, 3.63) is 228 Å². The fourth-order valence-electron chi connectivity index (χ4n) is 8.20. The van der Waals surface area contributed by atoms with Gasteiger partial charge in [0.25, 0.3) is 0 Å². The molecule has 0 spiro atoms. The minimum atomic E-state index is -0.504. The van der Waals surface area contributed by atoms with Crippen molar-refractivity contribution < 1.29 is 0 Å². The first kappa shape index (κ1) is 34.5. The molecule has 0 atom stereocenters. The Labute approximate surface area is 328 Å². The summed E-state index contributed by atoms with van der Waals surface area (Å²) in [5.74, 6) is 1.84. The molecule has 0 N–H and O–H groups in total. The average Bonchev–Trinajstić information content (AvgIpc) is 3.58. The highest BCUT2D eigenvalue weighted by Gasteiger charge is 2.47. The highest BCUT2D eigenvalue weighted by molar-refractivity contribution is 6.01. The molecule has 0 amide bonds. The van der Waals surface area contributed by atoms with E-state index in [1.54, 1.807) is 6.20 Å². The van der Waals surface area contributed by atoms with Gasteiger partial charge >= 0.3 is 0 Å². The van der Waals surface area contributed by atoms with Crippen LogP contribution in [0.2, 0.25) is 0 Å². The third-order valence-electron chi connectivity index (χ3n) is 10.7. The first-order valence-corrected chi connectivity index (χ1v) is 18.8. The Balaban J connectivity index is 1.27. The number of hydrogen-bond donors (Lipinski definition) is 0. The van der Waals surface area contributed by atoms with Gasteiger partial charge in [-0.15, -0.1) is 0 Å². The largest absolute Gasteiger partial charge is 0.273 e. The van der Waals surface area contributed by atoms with Gasteiger partial charge in [0.15, 0.2) is 17.5 Å². The Morgan fingerprint density at radius 2 is 1.00 bits per heavy atom. The number of benzene rings is 7. The summed E-state index contributed by atoms with van der Waals surface area (Å²) in [7, 11) is 0. The Hall–Kier alpha value is -7.30. The summed E-state index contributed by atoms with van der Waals surface area (Å²) in [5, 5.41) is 0. The maximum Gasteiger partial charge on any atom is 0.164 e. The van der Waals surface area contributed by atoms with E-state index in [4.69, 9.17) is 15.0 Å². The van der Waals surface area contributed by atoms with Crippen molar-refractivity contribution in [1.29, 1.82) is 0 Å². The molecule has 1 aliphatic rings. The van der Waals surface area contributed by atoms with Gasteiger partial charge in [0.2, 0.25) is 0 Å². The molecular formula is C52H38N4. The molecule has 56 heavy (non-hydrogen) atoms. The van der Waals surface area contributed by atoms with Crippen molar-refractivity contribution in [2.45, 2.75) is 12.3 Å². The summed E-state index contributed by atoms with van der Waals surface area (Å²) in [6.45, 7) is 5.54. The molecule has 0 radical (unpaired) electrons. The standard InChI is InChI=1S/C52H38N4/c1-36(18-17-35-53-2)49-54-50(39-21-9-4-10-22-39)56-51(55-49)40-31-29-38(30-32-40)47-43(37-19-7-3-8-20-37)33-34-46-48(47)44-27-15-16-28-45(44)52(46,41-23-11-5-12-24-41)42-25-13-6-14-26-42/h3-35H,2H2,1H3/b35-17-,36-18+. The Bertz CT molecular complexity index is 2700. The molecule has 7 aromatic carbocycles. The van der Waals surface area contributed by atoms with Crippen LogP contribution in [-0.2, 0) is 5.41 Å². The highest BCUT2D eigenvalue weighted by atomic mass is 15.0. The molecule has 1 aromatic heterocycles. The second kappa shape index (κ2) is 14.8. The molecule has 8 aromatic rings. The minimum absolute atomic E-state index is 0.504. The van der Waals surface area contributed by atoms with Crippen molar-refractivity contribution in [2.24, 2.45) is 4.99 Å². The topological polar surface area (TPSA) is 51.0 Å². The summed E-state index contributed by atoms with van der Waals surface area (Å²) in [6, 6.07) is 65.0. The monoisotopic (exact) mass is 718 g/mol. The molecule has 0 saturated heterocycles. The van der Waals surface area contributed by atoms with E-state index in [1.165, 1.54) is 50.1 Å². The van der Waals surface area contributed by atoms with Crippen molar-refractivity contribution >= 4 is 12.3 Å². The van der Waals surface area contributed by atoms with Gasteiger partial charge in [-0.1, -0.05) is 188 Å². The maximum atomic E-state index is 5.00. The quantitative estimate of drug-likeness (QED) is 0.110. The zero-order valence-corrected chi connectivity index (χ0v) is 31.0. The van der Waals surface area contributed by atoms with Crippen LogP contribution in [0.3, 0.4) is 0 Å². The van der Waals surface area contributed by atoms with Crippen LogP contribution in [0.25, 0.3) is 61.7 Å². The lowest BCUT2D eigenvalue weighted by Gasteiger charge is -2.34. The van der Waals surface area contributed by atoms with E-state index in [9.17, 15) is 0 Å². The van der Waals surface area contributed by atoms with Gasteiger partial charge in [0, 0.05) is 17.3 Å². The third kappa shape index (κ3) is 5.98. The van der Waals surface area contributed by atoms with Crippen LogP contribution in [0.1, 0.15) is 35.0 Å². The lowest BCUT2D eigenvalue weighted by atomic mass is 9.67. The summed E-state index contributed by atoms with van der Waals surface area (Å²) in [4.78, 5) is 18.7. The smallest absolute Gasteiger partial charge is 0.164 e. The predicted octanol–water partition coefficient (Wildman–Crippen LogP) is 12.5. The number of nitrogens with zero attached hydrogens (tertiary/aromatic N) is 4. The van der Waals surface area contributed by atoms with Crippen LogP contribution in [-0.4, -0.2) is 21.7 Å². The number of hydrogen-bond acceptors (Lipinski definition) is 4. The first-order valence-electron chi connectivity index (χ1n) is 18.8. The number of fused-ring (bicyclic) bond motifs is 3. The number of aromatic nitrogens is 3. The summed E-state index contributed by atoms with van der Waals surface area (Å²) in [5.41, 5.74) is 14.4. The molecule has 0 fully saturated rings. The van der Waals surface area contributed by atoms with Crippen LogP contribution in [0, 0.1) is 0 Å². The molecule has 0 saturated carbocycles. The van der Waals surface area contributed by atoms with Crippen LogP contribution < -0.4 is 0 Å². The normalized spacial score (nSPS) is 13.0. The zero-order chi connectivity index (χ0) is 37.9. The van der Waals surface area contributed by atoms with Crippen molar-refractivity contribution in [2.75, 3.05) is 0 Å². The van der Waals surface area contributed by atoms with Gasteiger partial charge in [-0.25, -0.2) is 15.0 Å². The maximum absolute atomic E-state index is 5.00. The molecule has 4 heteroatoms. The van der Waals surface area contributed by atoms with Crippen molar-refractivity contribution in [3.63, 3.8) is 0 Å². The molecule has 0 unspecified atom stereocenters. The summed E-state index contributed by atoms with van der Waals surface area (Å²) in [6.07, 6.45) is 5.43. The lowest BCUT2D eigenvalue weighted by Crippen LogP contribution is -2.28. The lowest BCUT2D eigenvalue weighted by molar-refractivity contribution is 0.768. The van der Waals surface area contributed by atoms with Crippen LogP contribution in [0.4, 0.5) is 0 Å². The molecule has 4 nitrogen and oxygen atoms in total. The number of rotatable bonds is 9. The number of allylic oxidation sites excluding steroid dienone is 3. The predicted molar refractivity (Wildman–Crippen MR) is 231 cm³/mol. The van der Waals surface area contributed by atoms with Gasteiger partial charge < -0.3 is 0 Å². The van der Waals surface area contributed by atoms with Gasteiger partial charge in [-0.3, -0.25) is 4.99 Å². The van der Waals surface area contributed by atoms with E-state index in [1.807, 2.05) is 49.4 Å². The minimum Gasteiger partial charge on any atom is -0.273 e. The summed E-state index contributed by atoms with van der Waals surface area (Å²) < 4.78 is 0. The van der Waals surface area contributed by atoms with E-state index < -0.39 is 5.41 Å². The van der Waals surface area contributed by atoms with E-state index >= 15 is 0 Å². The summed E-state index contributed by atoms with van der Waals surface area (Å²) >= 11 is 0. The fraction of sp³-hybridized carbons (Fsp3) is 0.0385. The van der Waals surface area contributed by atoms with E-state index in [-0.39, 0.29) is 0 Å². The van der Waals surface area contributed by atoms with Crippen LogP contribution >= 0.6 is 0 Å².